The maximum absolute atomic E-state index is 17.4. The summed E-state index contributed by atoms with van der Waals surface area (Å²) in [4.78, 5) is 31.3. The number of allylic oxidation sites excluding steroid dienone is 3. The third-order valence-corrected chi connectivity index (χ3v) is 10.3. The number of ether oxygens (including phenoxy) is 1. The van der Waals surface area contributed by atoms with Gasteiger partial charge in [0.15, 0.2) is 0 Å². The molecule has 2 aromatic rings. The first-order valence-corrected chi connectivity index (χ1v) is 16.4. The van der Waals surface area contributed by atoms with Crippen molar-refractivity contribution in [3.05, 3.63) is 83.1 Å². The number of rotatable bonds is 7. The van der Waals surface area contributed by atoms with Crippen LogP contribution in [0, 0.1) is 5.92 Å². The SMILES string of the molecule is COc1ccc([C@@H]2CN(C3CCCC3)C[C@@]2(F)C(=O)N2CCCN(C3=CCC(C(F)(F)F)C=C3c3ccc(C(=O)O)cc3)CC2)cc1. The highest BCUT2D eigenvalue weighted by molar-refractivity contribution is 5.89. The van der Waals surface area contributed by atoms with Crippen LogP contribution in [-0.2, 0) is 4.79 Å². The van der Waals surface area contributed by atoms with Crippen molar-refractivity contribution >= 4 is 17.4 Å². The van der Waals surface area contributed by atoms with Crippen LogP contribution in [0.15, 0.2) is 66.4 Å². The Morgan fingerprint density at radius 3 is 2.28 bits per heavy atom. The lowest BCUT2D eigenvalue weighted by molar-refractivity contribution is -0.160. The van der Waals surface area contributed by atoms with Crippen molar-refractivity contribution in [2.75, 3.05) is 46.4 Å². The largest absolute Gasteiger partial charge is 0.497 e. The second kappa shape index (κ2) is 13.3. The number of hydrogen-bond donors (Lipinski definition) is 1. The number of benzene rings is 2. The molecule has 11 heteroatoms. The Morgan fingerprint density at radius 2 is 1.64 bits per heavy atom. The molecule has 252 valence electrons. The van der Waals surface area contributed by atoms with Crippen molar-refractivity contribution in [1.29, 1.82) is 0 Å². The molecule has 7 nitrogen and oxygen atoms in total. The fourth-order valence-corrected chi connectivity index (χ4v) is 7.71. The summed E-state index contributed by atoms with van der Waals surface area (Å²) < 4.78 is 64.2. The van der Waals surface area contributed by atoms with E-state index in [0.29, 0.717) is 55.2 Å². The van der Waals surface area contributed by atoms with E-state index in [-0.39, 0.29) is 31.1 Å². The zero-order valence-electron chi connectivity index (χ0n) is 26.5. The van der Waals surface area contributed by atoms with Gasteiger partial charge in [-0.2, -0.15) is 13.2 Å². The van der Waals surface area contributed by atoms with E-state index in [2.05, 4.69) is 4.90 Å². The van der Waals surface area contributed by atoms with Crippen LogP contribution in [0.1, 0.15) is 65.9 Å². The molecule has 2 aliphatic carbocycles. The number of carbonyl (C=O) groups is 2. The van der Waals surface area contributed by atoms with Gasteiger partial charge in [0.1, 0.15) is 5.75 Å². The monoisotopic (exact) mass is 655 g/mol. The summed E-state index contributed by atoms with van der Waals surface area (Å²) >= 11 is 0. The van der Waals surface area contributed by atoms with Crippen molar-refractivity contribution < 1.29 is 37.0 Å². The molecule has 1 unspecified atom stereocenters. The normalized spacial score (nSPS) is 26.1. The first-order chi connectivity index (χ1) is 22.5. The first-order valence-electron chi connectivity index (χ1n) is 16.4. The van der Waals surface area contributed by atoms with Gasteiger partial charge in [-0.3, -0.25) is 9.69 Å². The lowest BCUT2D eigenvalue weighted by atomic mass is 9.85. The third kappa shape index (κ3) is 6.77. The van der Waals surface area contributed by atoms with Crippen molar-refractivity contribution in [3.8, 4) is 5.75 Å². The van der Waals surface area contributed by atoms with Gasteiger partial charge < -0.3 is 19.6 Å². The highest BCUT2D eigenvalue weighted by Gasteiger charge is 2.56. The Balaban J connectivity index is 1.23. The van der Waals surface area contributed by atoms with Crippen molar-refractivity contribution in [3.63, 3.8) is 0 Å². The maximum atomic E-state index is 17.4. The molecule has 1 N–H and O–H groups in total. The average molecular weight is 656 g/mol. The average Bonchev–Trinajstić information content (AvgIpc) is 3.66. The minimum atomic E-state index is -4.43. The summed E-state index contributed by atoms with van der Waals surface area (Å²) in [7, 11) is 1.57. The molecule has 1 amide bonds. The standard InChI is InChI=1S/C36H41F4N3O4/c1-47-29-14-11-25(12-15-29)31-22-43(28-5-2-3-6-28)23-35(31,37)34(46)42-18-4-17-41(19-20-42)32-16-13-27(36(38,39)40)21-30(32)24-7-9-26(10-8-24)33(44)45/h7-12,14-16,21,27-28,31H,2-6,13,17-20,22-23H2,1H3,(H,44,45)/t27?,31-,35-/m0/s1. The molecule has 0 radical (unpaired) electrons. The summed E-state index contributed by atoms with van der Waals surface area (Å²) in [6.07, 6.45) is 2.87. The quantitative estimate of drug-likeness (QED) is 0.343. The van der Waals surface area contributed by atoms with E-state index in [9.17, 15) is 27.9 Å². The van der Waals surface area contributed by atoms with E-state index < -0.39 is 35.6 Å². The van der Waals surface area contributed by atoms with Crippen molar-refractivity contribution in [2.45, 2.75) is 62.3 Å². The molecule has 3 fully saturated rings. The molecule has 2 heterocycles. The minimum Gasteiger partial charge on any atom is -0.497 e. The van der Waals surface area contributed by atoms with Crippen LogP contribution in [0.5, 0.6) is 5.75 Å². The predicted octanol–water partition coefficient (Wildman–Crippen LogP) is 6.53. The molecule has 0 spiro atoms. The van der Waals surface area contributed by atoms with Gasteiger partial charge in [-0.15, -0.1) is 0 Å². The van der Waals surface area contributed by atoms with Crippen LogP contribution in [0.2, 0.25) is 0 Å². The Labute approximate surface area is 272 Å². The van der Waals surface area contributed by atoms with Crippen molar-refractivity contribution in [1.82, 2.24) is 14.7 Å². The molecular weight excluding hydrogens is 614 g/mol. The molecule has 2 aromatic carbocycles. The van der Waals surface area contributed by atoms with Gasteiger partial charge in [-0.05, 0) is 61.1 Å². The number of carboxylic acid groups (broad SMARTS) is 1. The second-order valence-electron chi connectivity index (χ2n) is 13.1. The van der Waals surface area contributed by atoms with Crippen LogP contribution < -0.4 is 4.74 Å². The molecule has 6 rings (SSSR count). The molecular formula is C36H41F4N3O4. The number of carboxylic acids is 1. The summed E-state index contributed by atoms with van der Waals surface area (Å²) in [5.41, 5.74) is 0.151. The van der Waals surface area contributed by atoms with Gasteiger partial charge in [-0.25, -0.2) is 9.18 Å². The number of carbonyl (C=O) groups excluding carboxylic acids is 1. The highest BCUT2D eigenvalue weighted by Crippen LogP contribution is 2.44. The van der Waals surface area contributed by atoms with E-state index in [1.807, 2.05) is 17.0 Å². The second-order valence-corrected chi connectivity index (χ2v) is 13.1. The zero-order chi connectivity index (χ0) is 33.3. The lowest BCUT2D eigenvalue weighted by Gasteiger charge is -2.33. The fourth-order valence-electron chi connectivity index (χ4n) is 7.71. The number of amides is 1. The topological polar surface area (TPSA) is 73.3 Å². The van der Waals surface area contributed by atoms with E-state index in [1.165, 1.54) is 30.3 Å². The Hall–Kier alpha value is -3.86. The number of methoxy groups -OCH3 is 1. The van der Waals surface area contributed by atoms with Crippen LogP contribution in [0.3, 0.4) is 0 Å². The Morgan fingerprint density at radius 1 is 0.936 bits per heavy atom. The number of aromatic carboxylic acids is 1. The molecule has 47 heavy (non-hydrogen) atoms. The van der Waals surface area contributed by atoms with Gasteiger partial charge >= 0.3 is 12.1 Å². The summed E-state index contributed by atoms with van der Waals surface area (Å²) in [6.45, 7) is 1.87. The van der Waals surface area contributed by atoms with Gasteiger partial charge in [0.2, 0.25) is 5.67 Å². The number of hydrogen-bond acceptors (Lipinski definition) is 5. The third-order valence-electron chi connectivity index (χ3n) is 10.3. The molecule has 3 atom stereocenters. The van der Waals surface area contributed by atoms with E-state index in [0.717, 1.165) is 31.2 Å². The zero-order valence-corrected chi connectivity index (χ0v) is 26.5. The van der Waals surface area contributed by atoms with Crippen LogP contribution >= 0.6 is 0 Å². The Bertz CT molecular complexity index is 1520. The number of halogens is 4. The summed E-state index contributed by atoms with van der Waals surface area (Å²) in [6, 6.07) is 13.3. The van der Waals surface area contributed by atoms with Crippen molar-refractivity contribution in [2.24, 2.45) is 5.92 Å². The van der Waals surface area contributed by atoms with Gasteiger partial charge in [0.05, 0.1) is 18.6 Å². The minimum absolute atomic E-state index is 0.0383. The Kier molecular flexibility index (Phi) is 9.38. The van der Waals surface area contributed by atoms with E-state index in [4.69, 9.17) is 4.74 Å². The van der Waals surface area contributed by atoms with Gasteiger partial charge in [-0.1, -0.05) is 49.3 Å². The number of alkyl halides is 4. The smallest absolute Gasteiger partial charge is 0.395 e. The molecule has 1 saturated carbocycles. The molecule has 0 bridgehead atoms. The van der Waals surface area contributed by atoms with E-state index in [1.54, 1.807) is 30.2 Å². The van der Waals surface area contributed by atoms with Crippen LogP contribution in [-0.4, -0.2) is 95.9 Å². The summed E-state index contributed by atoms with van der Waals surface area (Å²) in [5.74, 6) is -3.30. The number of likely N-dealkylation sites (tertiary alicyclic amines) is 1. The number of nitrogens with zero attached hydrogens (tertiary/aromatic N) is 3. The highest BCUT2D eigenvalue weighted by atomic mass is 19.4. The lowest BCUT2D eigenvalue weighted by Crippen LogP contribution is -2.51. The van der Waals surface area contributed by atoms with Gasteiger partial charge in [0.25, 0.3) is 5.91 Å². The molecule has 2 aliphatic heterocycles. The van der Waals surface area contributed by atoms with Gasteiger partial charge in [0, 0.05) is 62.5 Å². The predicted molar refractivity (Wildman–Crippen MR) is 170 cm³/mol. The molecule has 2 saturated heterocycles. The van der Waals surface area contributed by atoms with Crippen LogP contribution in [0.25, 0.3) is 5.57 Å². The van der Waals surface area contributed by atoms with Crippen LogP contribution in [0.4, 0.5) is 17.6 Å². The maximum Gasteiger partial charge on any atom is 0.395 e. The van der Waals surface area contributed by atoms with E-state index >= 15 is 4.39 Å². The fraction of sp³-hybridized carbons (Fsp3) is 0.500. The molecule has 0 aromatic heterocycles. The first kappa shape index (κ1) is 33.1. The molecule has 4 aliphatic rings. The summed E-state index contributed by atoms with van der Waals surface area (Å²) in [5, 5.41) is 9.31.